The highest BCUT2D eigenvalue weighted by molar-refractivity contribution is 5.98. The first-order chi connectivity index (χ1) is 9.40. The molecule has 0 aliphatic rings. The van der Waals surface area contributed by atoms with E-state index in [1.54, 1.807) is 13.8 Å². The minimum absolute atomic E-state index is 0.172. The van der Waals surface area contributed by atoms with Crippen molar-refractivity contribution < 1.29 is 24.5 Å². The molecule has 110 valence electrons. The Kier molecular flexibility index (Phi) is 4.96. The molecule has 1 amide bonds. The number of methoxy groups -OCH3 is 1. The molecular weight excluding hydrogens is 262 g/mol. The Morgan fingerprint density at radius 2 is 1.90 bits per heavy atom. The van der Waals surface area contributed by atoms with E-state index in [2.05, 4.69) is 5.32 Å². The van der Waals surface area contributed by atoms with Gasteiger partial charge in [-0.25, -0.2) is 4.79 Å². The number of benzene rings is 1. The Bertz CT molecular complexity index is 508. The molecule has 1 rings (SSSR count). The zero-order chi connectivity index (χ0) is 15.3. The van der Waals surface area contributed by atoms with Gasteiger partial charge in [0, 0.05) is 5.56 Å². The predicted molar refractivity (Wildman–Crippen MR) is 73.1 cm³/mol. The number of rotatable bonds is 6. The number of aromatic hydroxyl groups is 1. The molecule has 0 atom stereocenters. The number of nitrogens with one attached hydrogen (secondary N) is 1. The second-order valence-corrected chi connectivity index (χ2v) is 4.44. The van der Waals surface area contributed by atoms with Crippen LogP contribution < -0.4 is 10.1 Å². The first-order valence-electron chi connectivity index (χ1n) is 6.33. The van der Waals surface area contributed by atoms with Gasteiger partial charge in [-0.3, -0.25) is 4.79 Å². The zero-order valence-corrected chi connectivity index (χ0v) is 11.8. The summed E-state index contributed by atoms with van der Waals surface area (Å²) in [5, 5.41) is 21.4. The van der Waals surface area contributed by atoms with Crippen molar-refractivity contribution in [1.82, 2.24) is 5.32 Å². The number of ether oxygens (including phenoxy) is 1. The molecule has 1 aromatic carbocycles. The van der Waals surface area contributed by atoms with Crippen molar-refractivity contribution in [3.8, 4) is 11.5 Å². The summed E-state index contributed by atoms with van der Waals surface area (Å²) in [5.41, 5.74) is -1.12. The third-order valence-corrected chi connectivity index (χ3v) is 3.41. The lowest BCUT2D eigenvalue weighted by Crippen LogP contribution is -2.53. The van der Waals surface area contributed by atoms with Gasteiger partial charge in [-0.15, -0.1) is 0 Å². The lowest BCUT2D eigenvalue weighted by atomic mass is 9.92. The summed E-state index contributed by atoms with van der Waals surface area (Å²) < 4.78 is 4.89. The second-order valence-electron chi connectivity index (χ2n) is 4.44. The first-order valence-corrected chi connectivity index (χ1v) is 6.33. The molecule has 0 unspecified atom stereocenters. The van der Waals surface area contributed by atoms with Crippen LogP contribution in [0.25, 0.3) is 0 Å². The van der Waals surface area contributed by atoms with Crippen molar-refractivity contribution in [1.29, 1.82) is 0 Å². The molecule has 6 heteroatoms. The van der Waals surface area contributed by atoms with Crippen molar-refractivity contribution in [2.75, 3.05) is 7.11 Å². The molecule has 3 N–H and O–H groups in total. The van der Waals surface area contributed by atoms with Crippen LogP contribution in [0.15, 0.2) is 18.2 Å². The number of aliphatic carboxylic acids is 1. The van der Waals surface area contributed by atoms with Crippen molar-refractivity contribution >= 4 is 11.9 Å². The predicted octanol–water partition coefficient (Wildman–Crippen LogP) is 1.77. The van der Waals surface area contributed by atoms with Crippen molar-refractivity contribution in [2.45, 2.75) is 32.2 Å². The van der Waals surface area contributed by atoms with Gasteiger partial charge in [0.25, 0.3) is 5.91 Å². The molecule has 0 fully saturated rings. The third kappa shape index (κ3) is 3.01. The van der Waals surface area contributed by atoms with Gasteiger partial charge < -0.3 is 20.3 Å². The standard InChI is InChI=1S/C14H19NO5/c1-4-14(5-2,13(18)19)15-12(17)9-6-7-11(20-3)10(16)8-9/h6-8,16H,4-5H2,1-3H3,(H,15,17)(H,18,19). The lowest BCUT2D eigenvalue weighted by molar-refractivity contribution is -0.144. The lowest BCUT2D eigenvalue weighted by Gasteiger charge is -2.28. The highest BCUT2D eigenvalue weighted by atomic mass is 16.5. The molecular formula is C14H19NO5. The summed E-state index contributed by atoms with van der Waals surface area (Å²) in [7, 11) is 1.40. The van der Waals surface area contributed by atoms with Crippen LogP contribution in [-0.2, 0) is 4.79 Å². The summed E-state index contributed by atoms with van der Waals surface area (Å²) >= 11 is 0. The molecule has 0 heterocycles. The maximum atomic E-state index is 12.1. The van der Waals surface area contributed by atoms with Crippen LogP contribution in [0, 0.1) is 0 Å². The van der Waals surface area contributed by atoms with E-state index >= 15 is 0 Å². The average Bonchev–Trinajstić information content (AvgIpc) is 2.44. The minimum atomic E-state index is -1.30. The SMILES string of the molecule is CCC(CC)(NC(=O)c1ccc(OC)c(O)c1)C(=O)O. The fourth-order valence-corrected chi connectivity index (χ4v) is 1.90. The van der Waals surface area contributed by atoms with Crippen molar-refractivity contribution in [2.24, 2.45) is 0 Å². The fraction of sp³-hybridized carbons (Fsp3) is 0.429. The zero-order valence-electron chi connectivity index (χ0n) is 11.8. The number of carbonyl (C=O) groups is 2. The Morgan fingerprint density at radius 1 is 1.30 bits per heavy atom. The van der Waals surface area contributed by atoms with E-state index < -0.39 is 17.4 Å². The van der Waals surface area contributed by atoms with Crippen molar-refractivity contribution in [3.63, 3.8) is 0 Å². The Morgan fingerprint density at radius 3 is 2.30 bits per heavy atom. The average molecular weight is 281 g/mol. The summed E-state index contributed by atoms with van der Waals surface area (Å²) in [6.45, 7) is 3.40. The van der Waals surface area contributed by atoms with E-state index in [0.717, 1.165) is 0 Å². The molecule has 0 radical (unpaired) electrons. The summed E-state index contributed by atoms with van der Waals surface area (Å²) in [6.07, 6.45) is 0.541. The highest BCUT2D eigenvalue weighted by Crippen LogP contribution is 2.26. The van der Waals surface area contributed by atoms with Gasteiger partial charge in [0.2, 0.25) is 0 Å². The van der Waals surface area contributed by atoms with Crippen molar-refractivity contribution in [3.05, 3.63) is 23.8 Å². The quantitative estimate of drug-likeness (QED) is 0.738. The van der Waals surface area contributed by atoms with Crippen LogP contribution >= 0.6 is 0 Å². The van der Waals surface area contributed by atoms with Crippen LogP contribution in [0.1, 0.15) is 37.0 Å². The van der Waals surface area contributed by atoms with Crippen LogP contribution in [0.3, 0.4) is 0 Å². The molecule has 0 saturated heterocycles. The van der Waals surface area contributed by atoms with Gasteiger partial charge in [-0.05, 0) is 31.0 Å². The Balaban J connectivity index is 3.01. The van der Waals surface area contributed by atoms with Crippen LogP contribution in [0.5, 0.6) is 11.5 Å². The number of phenolic OH excluding ortho intramolecular Hbond substituents is 1. The maximum Gasteiger partial charge on any atom is 0.329 e. The molecule has 0 spiro atoms. The molecule has 6 nitrogen and oxygen atoms in total. The van der Waals surface area contributed by atoms with E-state index in [4.69, 9.17) is 4.74 Å². The smallest absolute Gasteiger partial charge is 0.329 e. The first kappa shape index (κ1) is 15.8. The Labute approximate surface area is 117 Å². The topological polar surface area (TPSA) is 95.9 Å². The van der Waals surface area contributed by atoms with E-state index in [1.165, 1.54) is 25.3 Å². The molecule has 1 aromatic rings. The van der Waals surface area contributed by atoms with Gasteiger partial charge in [-0.2, -0.15) is 0 Å². The molecule has 0 aromatic heterocycles. The molecule has 20 heavy (non-hydrogen) atoms. The number of carbonyl (C=O) groups excluding carboxylic acids is 1. The van der Waals surface area contributed by atoms with E-state index in [9.17, 15) is 19.8 Å². The summed E-state index contributed by atoms with van der Waals surface area (Å²) in [5.74, 6) is -1.55. The molecule has 0 saturated carbocycles. The van der Waals surface area contributed by atoms with Gasteiger partial charge in [0.05, 0.1) is 7.11 Å². The van der Waals surface area contributed by atoms with E-state index in [0.29, 0.717) is 0 Å². The number of amides is 1. The second kappa shape index (κ2) is 6.27. The minimum Gasteiger partial charge on any atom is -0.504 e. The molecule has 0 aliphatic carbocycles. The number of hydrogen-bond donors (Lipinski definition) is 3. The number of phenols is 1. The van der Waals surface area contributed by atoms with Gasteiger partial charge in [0.1, 0.15) is 5.54 Å². The van der Waals surface area contributed by atoms with E-state index in [1.807, 2.05) is 0 Å². The summed E-state index contributed by atoms with van der Waals surface area (Å²) in [6, 6.07) is 4.16. The van der Waals surface area contributed by atoms with Gasteiger partial charge >= 0.3 is 5.97 Å². The summed E-state index contributed by atoms with van der Waals surface area (Å²) in [4.78, 5) is 23.4. The highest BCUT2D eigenvalue weighted by Gasteiger charge is 2.36. The van der Waals surface area contributed by atoms with Gasteiger partial charge in [-0.1, -0.05) is 13.8 Å². The monoisotopic (exact) mass is 281 g/mol. The van der Waals surface area contributed by atoms with Crippen LogP contribution in [0.4, 0.5) is 0 Å². The van der Waals surface area contributed by atoms with Gasteiger partial charge in [0.15, 0.2) is 11.5 Å². The molecule has 0 bridgehead atoms. The number of hydrogen-bond acceptors (Lipinski definition) is 4. The van der Waals surface area contributed by atoms with Crippen LogP contribution in [0.2, 0.25) is 0 Å². The van der Waals surface area contributed by atoms with Crippen LogP contribution in [-0.4, -0.2) is 34.7 Å². The number of carboxylic acid groups (broad SMARTS) is 1. The normalized spacial score (nSPS) is 10.9. The molecule has 0 aliphatic heterocycles. The third-order valence-electron chi connectivity index (χ3n) is 3.41. The number of carboxylic acids is 1. The van der Waals surface area contributed by atoms with E-state index in [-0.39, 0.29) is 29.9 Å². The Hall–Kier alpha value is -2.24. The maximum absolute atomic E-state index is 12.1. The largest absolute Gasteiger partial charge is 0.504 e. The fourth-order valence-electron chi connectivity index (χ4n) is 1.90.